The molecule has 0 spiro atoms. The second-order valence-corrected chi connectivity index (χ2v) is 7.44. The predicted molar refractivity (Wildman–Crippen MR) is 116 cm³/mol. The molecule has 0 aliphatic carbocycles. The van der Waals surface area contributed by atoms with Crippen molar-refractivity contribution in [1.29, 1.82) is 0 Å². The Kier molecular flexibility index (Phi) is 5.24. The molecule has 2 aromatic carbocycles. The number of carbonyl (C=O) groups excluding carboxylic acids is 1. The molecule has 148 valence electrons. The van der Waals surface area contributed by atoms with Crippen LogP contribution in [0.3, 0.4) is 0 Å². The van der Waals surface area contributed by atoms with E-state index in [2.05, 4.69) is 41.3 Å². The molecular formula is C23H22ClN3O2. The van der Waals surface area contributed by atoms with E-state index in [1.165, 1.54) is 17.5 Å². The molecule has 1 aromatic heterocycles. The van der Waals surface area contributed by atoms with Crippen LogP contribution in [0.15, 0.2) is 53.6 Å². The average Bonchev–Trinajstić information content (AvgIpc) is 3.18. The topological polar surface area (TPSA) is 54.8 Å². The first kappa shape index (κ1) is 19.4. The van der Waals surface area contributed by atoms with Gasteiger partial charge in [-0.05, 0) is 29.7 Å². The lowest BCUT2D eigenvalue weighted by Crippen LogP contribution is -2.24. The molecule has 0 radical (unpaired) electrons. The van der Waals surface area contributed by atoms with E-state index >= 15 is 0 Å². The molecule has 3 aromatic rings. The van der Waals surface area contributed by atoms with Crippen molar-refractivity contribution in [3.63, 3.8) is 0 Å². The van der Waals surface area contributed by atoms with Crippen LogP contribution in [0, 0.1) is 0 Å². The molecule has 1 aliphatic heterocycles. The number of aromatic nitrogens is 1. The Bertz CT molecular complexity index is 1110. The first-order chi connectivity index (χ1) is 14.0. The van der Waals surface area contributed by atoms with Gasteiger partial charge in [0.15, 0.2) is 0 Å². The van der Waals surface area contributed by atoms with Crippen LogP contribution in [0.2, 0.25) is 5.15 Å². The molecule has 1 amide bonds. The average molecular weight is 408 g/mol. The number of amides is 1. The first-order valence-electron chi connectivity index (χ1n) is 9.61. The van der Waals surface area contributed by atoms with Gasteiger partial charge in [-0.1, -0.05) is 54.9 Å². The van der Waals surface area contributed by atoms with E-state index in [9.17, 15) is 4.79 Å². The third-order valence-electron chi connectivity index (χ3n) is 5.30. The van der Waals surface area contributed by atoms with Gasteiger partial charge in [0.25, 0.3) is 0 Å². The number of methoxy groups -OCH3 is 1. The lowest BCUT2D eigenvalue weighted by Gasteiger charge is -2.21. The third kappa shape index (κ3) is 3.58. The molecule has 0 fully saturated rings. The third-order valence-corrected chi connectivity index (χ3v) is 5.60. The van der Waals surface area contributed by atoms with Crippen LogP contribution in [-0.4, -0.2) is 28.7 Å². The van der Waals surface area contributed by atoms with Crippen molar-refractivity contribution in [3.8, 4) is 5.75 Å². The number of carbonyl (C=O) groups is 1. The van der Waals surface area contributed by atoms with Gasteiger partial charge >= 0.3 is 0 Å². The molecule has 29 heavy (non-hydrogen) atoms. The number of halogens is 1. The van der Waals surface area contributed by atoms with Gasteiger partial charge in [-0.15, -0.1) is 0 Å². The van der Waals surface area contributed by atoms with Crippen LogP contribution in [0.1, 0.15) is 43.0 Å². The van der Waals surface area contributed by atoms with E-state index in [4.69, 9.17) is 16.3 Å². The normalized spacial score (nSPS) is 16.2. The highest BCUT2D eigenvalue weighted by atomic mass is 35.5. The van der Waals surface area contributed by atoms with Crippen LogP contribution in [0.5, 0.6) is 5.75 Å². The van der Waals surface area contributed by atoms with Crippen LogP contribution in [-0.2, 0) is 11.2 Å². The van der Waals surface area contributed by atoms with E-state index in [0.29, 0.717) is 22.8 Å². The van der Waals surface area contributed by atoms with Crippen LogP contribution in [0.25, 0.3) is 10.9 Å². The number of nitrogens with zero attached hydrogens (tertiary/aromatic N) is 3. The lowest BCUT2D eigenvalue weighted by molar-refractivity contribution is -0.130. The Balaban J connectivity index is 1.74. The van der Waals surface area contributed by atoms with Gasteiger partial charge in [-0.3, -0.25) is 4.79 Å². The molecule has 6 heteroatoms. The quantitative estimate of drug-likeness (QED) is 0.561. The van der Waals surface area contributed by atoms with Gasteiger partial charge in [0.1, 0.15) is 16.4 Å². The van der Waals surface area contributed by atoms with Gasteiger partial charge in [-0.25, -0.2) is 9.99 Å². The summed E-state index contributed by atoms with van der Waals surface area (Å²) in [6, 6.07) is 15.7. The second kappa shape index (κ2) is 7.84. The summed E-state index contributed by atoms with van der Waals surface area (Å²) in [5.41, 5.74) is 4.64. The minimum atomic E-state index is -0.288. The maximum Gasteiger partial charge on any atom is 0.240 e. The number of benzene rings is 2. The smallest absolute Gasteiger partial charge is 0.240 e. The van der Waals surface area contributed by atoms with Gasteiger partial charge < -0.3 is 4.74 Å². The maximum absolute atomic E-state index is 12.3. The summed E-state index contributed by atoms with van der Waals surface area (Å²) >= 11 is 6.56. The monoisotopic (exact) mass is 407 g/mol. The molecule has 2 heterocycles. The molecule has 0 saturated heterocycles. The molecule has 0 saturated carbocycles. The van der Waals surface area contributed by atoms with Crippen molar-refractivity contribution in [3.05, 3.63) is 70.4 Å². The van der Waals surface area contributed by atoms with Crippen molar-refractivity contribution in [2.24, 2.45) is 5.10 Å². The highest BCUT2D eigenvalue weighted by Crippen LogP contribution is 2.38. The molecule has 0 unspecified atom stereocenters. The Labute approximate surface area is 175 Å². The largest absolute Gasteiger partial charge is 0.494 e. The zero-order valence-electron chi connectivity index (χ0n) is 16.6. The highest BCUT2D eigenvalue weighted by Gasteiger charge is 2.33. The lowest BCUT2D eigenvalue weighted by atomic mass is 9.97. The van der Waals surface area contributed by atoms with Gasteiger partial charge in [-0.2, -0.15) is 5.10 Å². The number of hydrogen-bond acceptors (Lipinski definition) is 4. The summed E-state index contributed by atoms with van der Waals surface area (Å²) in [6.45, 7) is 3.64. The number of pyridine rings is 1. The fraction of sp³-hybridized carbons (Fsp3) is 0.261. The Morgan fingerprint density at radius 2 is 2.00 bits per heavy atom. The van der Waals surface area contributed by atoms with Crippen molar-refractivity contribution in [2.45, 2.75) is 32.7 Å². The standard InChI is InChI=1S/C23H22ClN3O2/c1-4-15-8-10-16(11-9-15)19-13-20(27(26-19)14(2)28)18-12-17-6-5-7-21(29-3)22(17)25-23(18)24/h5-12,20H,4,13H2,1-3H3/t20-/m1/s1. The van der Waals surface area contributed by atoms with Gasteiger partial charge in [0, 0.05) is 24.3 Å². The molecule has 1 aliphatic rings. The molecule has 0 bridgehead atoms. The Hall–Kier alpha value is -2.92. The molecule has 5 nitrogen and oxygen atoms in total. The second-order valence-electron chi connectivity index (χ2n) is 7.08. The summed E-state index contributed by atoms with van der Waals surface area (Å²) in [5.74, 6) is 0.538. The van der Waals surface area contributed by atoms with E-state index in [1.807, 2.05) is 24.3 Å². The number of para-hydroxylation sites is 1. The number of ether oxygens (including phenoxy) is 1. The van der Waals surface area contributed by atoms with E-state index in [1.54, 1.807) is 7.11 Å². The van der Waals surface area contributed by atoms with E-state index in [0.717, 1.165) is 28.6 Å². The molecule has 0 N–H and O–H groups in total. The maximum atomic E-state index is 12.3. The zero-order valence-corrected chi connectivity index (χ0v) is 17.4. The summed E-state index contributed by atoms with van der Waals surface area (Å²) < 4.78 is 5.39. The van der Waals surface area contributed by atoms with Crippen molar-refractivity contribution in [1.82, 2.24) is 9.99 Å². The molecule has 4 rings (SSSR count). The number of rotatable bonds is 4. The minimum Gasteiger partial charge on any atom is -0.494 e. The fourth-order valence-electron chi connectivity index (χ4n) is 3.71. The fourth-order valence-corrected chi connectivity index (χ4v) is 3.98. The van der Waals surface area contributed by atoms with Crippen molar-refractivity contribution in [2.75, 3.05) is 7.11 Å². The summed E-state index contributed by atoms with van der Waals surface area (Å²) in [4.78, 5) is 16.9. The summed E-state index contributed by atoms with van der Waals surface area (Å²) in [5, 5.41) is 7.39. The van der Waals surface area contributed by atoms with Gasteiger partial charge in [0.05, 0.1) is 18.9 Å². The van der Waals surface area contributed by atoms with Crippen LogP contribution in [0.4, 0.5) is 0 Å². The van der Waals surface area contributed by atoms with Crippen LogP contribution >= 0.6 is 11.6 Å². The van der Waals surface area contributed by atoms with Gasteiger partial charge in [0.2, 0.25) is 5.91 Å². The number of hydrazone groups is 1. The van der Waals surface area contributed by atoms with Crippen molar-refractivity contribution < 1.29 is 9.53 Å². The minimum absolute atomic E-state index is 0.128. The SMILES string of the molecule is CCc1ccc(C2=NN(C(C)=O)[C@@H](c3cc4cccc(OC)c4nc3Cl)C2)cc1. The number of aryl methyl sites for hydroxylation is 1. The summed E-state index contributed by atoms with van der Waals surface area (Å²) in [6.07, 6.45) is 1.57. The first-order valence-corrected chi connectivity index (χ1v) is 9.99. The number of hydrogen-bond donors (Lipinski definition) is 0. The zero-order chi connectivity index (χ0) is 20.5. The summed E-state index contributed by atoms with van der Waals surface area (Å²) in [7, 11) is 1.61. The predicted octanol–water partition coefficient (Wildman–Crippen LogP) is 5.16. The Morgan fingerprint density at radius 1 is 1.24 bits per heavy atom. The Morgan fingerprint density at radius 3 is 2.66 bits per heavy atom. The highest BCUT2D eigenvalue weighted by molar-refractivity contribution is 6.30. The van der Waals surface area contributed by atoms with E-state index < -0.39 is 0 Å². The van der Waals surface area contributed by atoms with E-state index in [-0.39, 0.29) is 11.9 Å². The van der Waals surface area contributed by atoms with Crippen molar-refractivity contribution >= 4 is 34.1 Å². The number of fused-ring (bicyclic) bond motifs is 1. The van der Waals surface area contributed by atoms with Crippen LogP contribution < -0.4 is 4.74 Å². The molecular weight excluding hydrogens is 386 g/mol. The molecule has 1 atom stereocenters.